The van der Waals surface area contributed by atoms with Crippen LogP contribution in [-0.4, -0.2) is 33.4 Å². The number of nitrogen functional groups attached to an aromatic ring is 1. The van der Waals surface area contributed by atoms with Crippen molar-refractivity contribution in [2.24, 2.45) is 5.92 Å². The molecule has 2 aliphatic rings. The molecule has 0 bridgehead atoms. The van der Waals surface area contributed by atoms with Crippen molar-refractivity contribution >= 4 is 11.9 Å². The van der Waals surface area contributed by atoms with Crippen LogP contribution in [0.4, 0.5) is 5.95 Å². The molecule has 5 heteroatoms. The average Bonchev–Trinajstić information content (AvgIpc) is 2.95. The number of carbonyl (C=O) groups excluding carboxylic acids is 1. The van der Waals surface area contributed by atoms with Gasteiger partial charge < -0.3 is 10.6 Å². The molecule has 0 saturated heterocycles. The molecule has 112 valence electrons. The standard InChI is InChI=1S/C16H22N4O/c1-10(2)13-8-5-9-20(13)15(21)14-11-6-3-4-7-12(11)18-16(17)19-14/h5,8,10,13H,3-4,6-7,9H2,1-2H3,(H2,17,18,19). The molecule has 1 aromatic rings. The van der Waals surface area contributed by atoms with E-state index in [0.717, 1.165) is 36.9 Å². The summed E-state index contributed by atoms with van der Waals surface area (Å²) in [5.74, 6) is 0.598. The van der Waals surface area contributed by atoms with Crippen molar-refractivity contribution in [1.82, 2.24) is 14.9 Å². The summed E-state index contributed by atoms with van der Waals surface area (Å²) in [5, 5.41) is 0. The highest BCUT2D eigenvalue weighted by atomic mass is 16.2. The molecule has 1 atom stereocenters. The van der Waals surface area contributed by atoms with Gasteiger partial charge in [0.05, 0.1) is 6.04 Å². The van der Waals surface area contributed by atoms with Gasteiger partial charge in [0.1, 0.15) is 5.69 Å². The molecule has 0 saturated carbocycles. The number of hydrogen-bond acceptors (Lipinski definition) is 4. The SMILES string of the molecule is CC(C)C1C=CCN1C(=O)c1nc(N)nc2c1CCCC2. The van der Waals surface area contributed by atoms with Crippen LogP contribution < -0.4 is 5.73 Å². The number of nitrogens with two attached hydrogens (primary N) is 1. The van der Waals surface area contributed by atoms with Crippen molar-refractivity contribution in [3.63, 3.8) is 0 Å². The van der Waals surface area contributed by atoms with Crippen LogP contribution in [0.3, 0.4) is 0 Å². The number of nitrogens with zero attached hydrogens (tertiary/aromatic N) is 3. The Bertz CT molecular complexity index is 594. The van der Waals surface area contributed by atoms with Crippen molar-refractivity contribution in [1.29, 1.82) is 0 Å². The minimum absolute atomic E-state index is 0.00838. The Morgan fingerprint density at radius 3 is 2.86 bits per heavy atom. The van der Waals surface area contributed by atoms with Crippen molar-refractivity contribution < 1.29 is 4.79 Å². The maximum Gasteiger partial charge on any atom is 0.273 e. The van der Waals surface area contributed by atoms with Crippen molar-refractivity contribution in [3.05, 3.63) is 29.1 Å². The third-order valence-electron chi connectivity index (χ3n) is 4.34. The number of carbonyl (C=O) groups is 1. The summed E-state index contributed by atoms with van der Waals surface area (Å²) in [4.78, 5) is 23.4. The Morgan fingerprint density at radius 2 is 2.10 bits per heavy atom. The van der Waals surface area contributed by atoms with Gasteiger partial charge in [-0.05, 0) is 31.6 Å². The first-order valence-corrected chi connectivity index (χ1v) is 7.71. The maximum atomic E-state index is 12.9. The van der Waals surface area contributed by atoms with Crippen LogP contribution in [0.2, 0.25) is 0 Å². The largest absolute Gasteiger partial charge is 0.368 e. The topological polar surface area (TPSA) is 72.1 Å². The van der Waals surface area contributed by atoms with Gasteiger partial charge in [-0.25, -0.2) is 9.97 Å². The summed E-state index contributed by atoms with van der Waals surface area (Å²) in [7, 11) is 0. The zero-order chi connectivity index (χ0) is 15.0. The van der Waals surface area contributed by atoms with E-state index in [-0.39, 0.29) is 17.9 Å². The molecule has 2 heterocycles. The molecule has 3 rings (SSSR count). The van der Waals surface area contributed by atoms with E-state index in [1.54, 1.807) is 0 Å². The van der Waals surface area contributed by atoms with Crippen LogP contribution in [0.1, 0.15) is 48.4 Å². The number of anilines is 1. The lowest BCUT2D eigenvalue weighted by Crippen LogP contribution is -2.40. The zero-order valence-electron chi connectivity index (χ0n) is 12.7. The van der Waals surface area contributed by atoms with Crippen LogP contribution in [0.5, 0.6) is 0 Å². The highest BCUT2D eigenvalue weighted by Crippen LogP contribution is 2.26. The third kappa shape index (κ3) is 2.52. The fourth-order valence-corrected chi connectivity index (χ4v) is 3.27. The van der Waals surface area contributed by atoms with Crippen LogP contribution >= 0.6 is 0 Å². The summed E-state index contributed by atoms with van der Waals surface area (Å²) < 4.78 is 0. The summed E-state index contributed by atoms with van der Waals surface area (Å²) >= 11 is 0. The quantitative estimate of drug-likeness (QED) is 0.844. The molecule has 0 fully saturated rings. The molecule has 1 aliphatic heterocycles. The van der Waals surface area contributed by atoms with E-state index < -0.39 is 0 Å². The second-order valence-electron chi connectivity index (χ2n) is 6.18. The number of hydrogen-bond donors (Lipinski definition) is 1. The monoisotopic (exact) mass is 286 g/mol. The zero-order valence-corrected chi connectivity index (χ0v) is 12.7. The lowest BCUT2D eigenvalue weighted by molar-refractivity contribution is 0.0713. The van der Waals surface area contributed by atoms with E-state index >= 15 is 0 Å². The van der Waals surface area contributed by atoms with Gasteiger partial charge in [-0.1, -0.05) is 26.0 Å². The van der Waals surface area contributed by atoms with E-state index in [0.29, 0.717) is 18.2 Å². The lowest BCUT2D eigenvalue weighted by Gasteiger charge is -2.28. The van der Waals surface area contributed by atoms with Crippen LogP contribution in [0, 0.1) is 5.92 Å². The van der Waals surface area contributed by atoms with E-state index in [2.05, 4.69) is 36.0 Å². The first kappa shape index (κ1) is 14.0. The van der Waals surface area contributed by atoms with Crippen molar-refractivity contribution in [2.75, 3.05) is 12.3 Å². The Morgan fingerprint density at radius 1 is 1.33 bits per heavy atom. The van der Waals surface area contributed by atoms with Gasteiger partial charge in [0, 0.05) is 17.8 Å². The van der Waals surface area contributed by atoms with Gasteiger partial charge in [0.2, 0.25) is 5.95 Å². The summed E-state index contributed by atoms with van der Waals surface area (Å²) in [6, 6.07) is 0.146. The van der Waals surface area contributed by atoms with Gasteiger partial charge in [-0.2, -0.15) is 0 Å². The predicted molar refractivity (Wildman–Crippen MR) is 81.9 cm³/mol. The first-order chi connectivity index (χ1) is 10.1. The van der Waals surface area contributed by atoms with E-state index in [1.165, 1.54) is 0 Å². The Labute approximate surface area is 125 Å². The van der Waals surface area contributed by atoms with Gasteiger partial charge in [-0.3, -0.25) is 4.79 Å². The van der Waals surface area contributed by atoms with E-state index in [9.17, 15) is 4.79 Å². The fourth-order valence-electron chi connectivity index (χ4n) is 3.27. The Hall–Kier alpha value is -1.91. The van der Waals surface area contributed by atoms with Gasteiger partial charge in [-0.15, -0.1) is 0 Å². The number of fused-ring (bicyclic) bond motifs is 1. The van der Waals surface area contributed by atoms with Gasteiger partial charge >= 0.3 is 0 Å². The molecule has 21 heavy (non-hydrogen) atoms. The first-order valence-electron chi connectivity index (χ1n) is 7.71. The number of aryl methyl sites for hydroxylation is 1. The maximum absolute atomic E-state index is 12.9. The minimum Gasteiger partial charge on any atom is -0.368 e. The highest BCUT2D eigenvalue weighted by Gasteiger charge is 2.31. The molecule has 0 spiro atoms. The molecule has 1 aliphatic carbocycles. The lowest BCUT2D eigenvalue weighted by atomic mass is 9.94. The van der Waals surface area contributed by atoms with Crippen molar-refractivity contribution in [2.45, 2.75) is 45.6 Å². The molecule has 1 aromatic heterocycles. The molecule has 5 nitrogen and oxygen atoms in total. The van der Waals surface area contributed by atoms with Crippen LogP contribution in [0.25, 0.3) is 0 Å². The van der Waals surface area contributed by atoms with Crippen molar-refractivity contribution in [3.8, 4) is 0 Å². The summed E-state index contributed by atoms with van der Waals surface area (Å²) in [6.45, 7) is 4.91. The molecular formula is C16H22N4O. The average molecular weight is 286 g/mol. The second-order valence-corrected chi connectivity index (χ2v) is 6.18. The second kappa shape index (κ2) is 5.47. The van der Waals surface area contributed by atoms with E-state index in [1.807, 2.05) is 4.90 Å². The smallest absolute Gasteiger partial charge is 0.273 e. The molecule has 1 amide bonds. The highest BCUT2D eigenvalue weighted by molar-refractivity contribution is 5.95. The molecule has 0 radical (unpaired) electrons. The Balaban J connectivity index is 1.97. The predicted octanol–water partition coefficient (Wildman–Crippen LogP) is 1.97. The van der Waals surface area contributed by atoms with Crippen LogP contribution in [0.15, 0.2) is 12.2 Å². The fraction of sp³-hybridized carbons (Fsp3) is 0.562. The van der Waals surface area contributed by atoms with Crippen LogP contribution in [-0.2, 0) is 12.8 Å². The molecule has 2 N–H and O–H groups in total. The summed E-state index contributed by atoms with van der Waals surface area (Å²) in [6.07, 6.45) is 8.14. The number of rotatable bonds is 2. The van der Waals surface area contributed by atoms with E-state index in [4.69, 9.17) is 5.73 Å². The Kier molecular flexibility index (Phi) is 3.66. The van der Waals surface area contributed by atoms with Gasteiger partial charge in [0.15, 0.2) is 0 Å². The number of aromatic nitrogens is 2. The normalized spacial score (nSPS) is 20.9. The van der Waals surface area contributed by atoms with Gasteiger partial charge in [0.25, 0.3) is 5.91 Å². The minimum atomic E-state index is -0.00838. The molecule has 1 unspecified atom stereocenters. The number of amides is 1. The third-order valence-corrected chi connectivity index (χ3v) is 4.34. The summed E-state index contributed by atoms with van der Waals surface area (Å²) in [5.41, 5.74) is 8.30. The molecular weight excluding hydrogens is 264 g/mol. The molecule has 0 aromatic carbocycles.